The highest BCUT2D eigenvalue weighted by Gasteiger charge is 2.24. The number of para-hydroxylation sites is 1. The van der Waals surface area contributed by atoms with Gasteiger partial charge in [0.2, 0.25) is 0 Å². The Hall–Kier alpha value is -3.81. The normalized spacial score (nSPS) is 12.5. The maximum absolute atomic E-state index is 12.8. The van der Waals surface area contributed by atoms with Gasteiger partial charge in [0, 0.05) is 24.4 Å². The first-order chi connectivity index (χ1) is 14.8. The number of amides is 2. The number of hydrazone groups is 1. The Morgan fingerprint density at radius 1 is 1.06 bits per heavy atom. The van der Waals surface area contributed by atoms with E-state index in [1.165, 1.54) is 6.21 Å². The minimum Gasteiger partial charge on any atom is -0.444 e. The SMILES string of the molecule is CC(C)(C)OC(=O)N[C@@H](Cc1ccccc1)C(=O)NN=Cc1cccc2nccnc12. The Bertz CT molecular complexity index is 1070. The van der Waals surface area contributed by atoms with Crippen LogP contribution < -0.4 is 10.7 Å². The molecule has 0 aliphatic rings. The molecule has 0 aliphatic heterocycles. The molecule has 3 rings (SSSR count). The Morgan fingerprint density at radius 3 is 2.55 bits per heavy atom. The third-order valence-corrected chi connectivity index (χ3v) is 4.20. The zero-order valence-electron chi connectivity index (χ0n) is 17.7. The molecule has 160 valence electrons. The average Bonchev–Trinajstić information content (AvgIpc) is 2.73. The van der Waals surface area contributed by atoms with E-state index in [0.717, 1.165) is 11.1 Å². The van der Waals surface area contributed by atoms with Crippen molar-refractivity contribution in [1.82, 2.24) is 20.7 Å². The molecule has 2 N–H and O–H groups in total. The third-order valence-electron chi connectivity index (χ3n) is 4.20. The van der Waals surface area contributed by atoms with E-state index in [9.17, 15) is 9.59 Å². The number of alkyl carbamates (subject to hydrolysis) is 1. The number of fused-ring (bicyclic) bond motifs is 1. The van der Waals surface area contributed by atoms with Crippen molar-refractivity contribution in [3.8, 4) is 0 Å². The second kappa shape index (κ2) is 9.80. The molecule has 0 unspecified atom stereocenters. The molecule has 1 aromatic heterocycles. The monoisotopic (exact) mass is 419 g/mol. The summed E-state index contributed by atoms with van der Waals surface area (Å²) in [5.74, 6) is -0.461. The zero-order chi connectivity index (χ0) is 22.3. The fourth-order valence-corrected chi connectivity index (χ4v) is 2.87. The first-order valence-corrected chi connectivity index (χ1v) is 9.88. The van der Waals surface area contributed by atoms with Crippen LogP contribution in [0.4, 0.5) is 4.79 Å². The summed E-state index contributed by atoms with van der Waals surface area (Å²) in [6.45, 7) is 5.28. The molecule has 0 bridgehead atoms. The third kappa shape index (κ3) is 6.60. The maximum atomic E-state index is 12.8. The van der Waals surface area contributed by atoms with Gasteiger partial charge in [-0.3, -0.25) is 14.8 Å². The van der Waals surface area contributed by atoms with Crippen molar-refractivity contribution >= 4 is 29.2 Å². The van der Waals surface area contributed by atoms with Crippen LogP contribution in [-0.2, 0) is 16.0 Å². The van der Waals surface area contributed by atoms with Crippen LogP contribution in [0.1, 0.15) is 31.9 Å². The maximum Gasteiger partial charge on any atom is 0.408 e. The van der Waals surface area contributed by atoms with Gasteiger partial charge in [-0.1, -0.05) is 42.5 Å². The Labute approximate surface area is 180 Å². The van der Waals surface area contributed by atoms with Crippen molar-refractivity contribution in [3.63, 3.8) is 0 Å². The lowest BCUT2D eigenvalue weighted by atomic mass is 10.1. The van der Waals surface area contributed by atoms with Crippen LogP contribution in [0.5, 0.6) is 0 Å². The molecule has 0 radical (unpaired) electrons. The van der Waals surface area contributed by atoms with Gasteiger partial charge in [-0.15, -0.1) is 0 Å². The lowest BCUT2D eigenvalue weighted by molar-refractivity contribution is -0.123. The number of hydrogen-bond acceptors (Lipinski definition) is 6. The first kappa shape index (κ1) is 21.9. The van der Waals surface area contributed by atoms with Crippen molar-refractivity contribution in [2.24, 2.45) is 5.10 Å². The average molecular weight is 419 g/mol. The van der Waals surface area contributed by atoms with Gasteiger partial charge in [-0.05, 0) is 32.4 Å². The molecule has 3 aromatic rings. The van der Waals surface area contributed by atoms with Crippen LogP contribution in [0.15, 0.2) is 66.0 Å². The summed E-state index contributed by atoms with van der Waals surface area (Å²) in [6, 6.07) is 14.0. The van der Waals surface area contributed by atoms with Crippen LogP contribution in [0.3, 0.4) is 0 Å². The summed E-state index contributed by atoms with van der Waals surface area (Å²) in [6.07, 6.45) is 4.33. The van der Waals surface area contributed by atoms with Crippen LogP contribution in [-0.4, -0.2) is 39.8 Å². The predicted octanol–water partition coefficient (Wildman–Crippen LogP) is 3.22. The molecule has 31 heavy (non-hydrogen) atoms. The predicted molar refractivity (Wildman–Crippen MR) is 119 cm³/mol. The standard InChI is InChI=1S/C23H25N5O3/c1-23(2,3)31-22(30)27-19(14-16-8-5-4-6-9-16)21(29)28-26-15-17-10-7-11-18-20(17)25-13-12-24-18/h4-13,15,19H,14H2,1-3H3,(H,27,30)(H,28,29)/t19-/m0/s1. The van der Waals surface area contributed by atoms with Gasteiger partial charge < -0.3 is 10.1 Å². The molecule has 2 aromatic carbocycles. The van der Waals surface area contributed by atoms with Crippen molar-refractivity contribution in [1.29, 1.82) is 0 Å². The smallest absolute Gasteiger partial charge is 0.408 e. The van der Waals surface area contributed by atoms with Crippen LogP contribution in [0.2, 0.25) is 0 Å². The van der Waals surface area contributed by atoms with E-state index >= 15 is 0 Å². The quantitative estimate of drug-likeness (QED) is 0.471. The number of benzene rings is 2. The number of hydrogen-bond donors (Lipinski definition) is 2. The van der Waals surface area contributed by atoms with E-state index in [1.54, 1.807) is 33.2 Å². The van der Waals surface area contributed by atoms with E-state index < -0.39 is 23.6 Å². The van der Waals surface area contributed by atoms with E-state index in [1.807, 2.05) is 48.5 Å². The topological polar surface area (TPSA) is 106 Å². The highest BCUT2D eigenvalue weighted by atomic mass is 16.6. The molecule has 0 spiro atoms. The molecule has 8 heteroatoms. The van der Waals surface area contributed by atoms with Gasteiger partial charge in [-0.2, -0.15) is 5.10 Å². The molecule has 0 saturated carbocycles. The van der Waals surface area contributed by atoms with Gasteiger partial charge in [0.1, 0.15) is 11.6 Å². The van der Waals surface area contributed by atoms with E-state index in [2.05, 4.69) is 25.8 Å². The summed E-state index contributed by atoms with van der Waals surface area (Å²) in [4.78, 5) is 33.6. The largest absolute Gasteiger partial charge is 0.444 e. The molecule has 0 aliphatic carbocycles. The van der Waals surface area contributed by atoms with Gasteiger partial charge in [0.05, 0.1) is 17.2 Å². The highest BCUT2D eigenvalue weighted by Crippen LogP contribution is 2.12. The summed E-state index contributed by atoms with van der Waals surface area (Å²) in [5.41, 5.74) is 4.83. The van der Waals surface area contributed by atoms with Crippen LogP contribution in [0.25, 0.3) is 11.0 Å². The molecule has 0 saturated heterocycles. The Morgan fingerprint density at radius 2 is 1.81 bits per heavy atom. The van der Waals surface area contributed by atoms with Gasteiger partial charge >= 0.3 is 6.09 Å². The number of rotatable bonds is 6. The summed E-state index contributed by atoms with van der Waals surface area (Å²) < 4.78 is 5.29. The molecular weight excluding hydrogens is 394 g/mol. The molecule has 8 nitrogen and oxygen atoms in total. The van der Waals surface area contributed by atoms with Crippen molar-refractivity contribution < 1.29 is 14.3 Å². The summed E-state index contributed by atoms with van der Waals surface area (Å²) in [7, 11) is 0. The van der Waals surface area contributed by atoms with E-state index in [4.69, 9.17) is 4.74 Å². The molecular formula is C23H25N5O3. The number of nitrogens with zero attached hydrogens (tertiary/aromatic N) is 3. The fraction of sp³-hybridized carbons (Fsp3) is 0.261. The van der Waals surface area contributed by atoms with Crippen molar-refractivity contribution in [3.05, 3.63) is 72.1 Å². The Kier molecular flexibility index (Phi) is 6.92. The lowest BCUT2D eigenvalue weighted by Gasteiger charge is -2.23. The van der Waals surface area contributed by atoms with E-state index in [0.29, 0.717) is 17.5 Å². The van der Waals surface area contributed by atoms with E-state index in [-0.39, 0.29) is 0 Å². The molecule has 1 heterocycles. The second-order valence-corrected chi connectivity index (χ2v) is 7.89. The summed E-state index contributed by atoms with van der Waals surface area (Å²) >= 11 is 0. The van der Waals surface area contributed by atoms with Crippen LogP contribution >= 0.6 is 0 Å². The Balaban J connectivity index is 1.72. The molecule has 1 atom stereocenters. The number of ether oxygens (including phenoxy) is 1. The number of aromatic nitrogens is 2. The van der Waals surface area contributed by atoms with Gasteiger partial charge in [-0.25, -0.2) is 10.2 Å². The lowest BCUT2D eigenvalue weighted by Crippen LogP contribution is -2.48. The fourth-order valence-electron chi connectivity index (χ4n) is 2.87. The first-order valence-electron chi connectivity index (χ1n) is 9.88. The molecule has 0 fully saturated rings. The zero-order valence-corrected chi connectivity index (χ0v) is 17.7. The minimum atomic E-state index is -0.860. The van der Waals surface area contributed by atoms with Crippen LogP contribution in [0, 0.1) is 0 Å². The number of carbonyl (C=O) groups excluding carboxylic acids is 2. The summed E-state index contributed by atoms with van der Waals surface area (Å²) in [5, 5.41) is 6.68. The molecule has 2 amide bonds. The van der Waals surface area contributed by atoms with Crippen molar-refractivity contribution in [2.75, 3.05) is 0 Å². The van der Waals surface area contributed by atoms with Crippen molar-refractivity contribution in [2.45, 2.75) is 38.8 Å². The second-order valence-electron chi connectivity index (χ2n) is 7.89. The minimum absolute atomic E-state index is 0.293. The van der Waals surface area contributed by atoms with Gasteiger partial charge in [0.25, 0.3) is 5.91 Å². The van der Waals surface area contributed by atoms with Gasteiger partial charge in [0.15, 0.2) is 0 Å². The number of nitrogens with one attached hydrogen (secondary N) is 2. The number of carbonyl (C=O) groups is 2. The highest BCUT2D eigenvalue weighted by molar-refractivity contribution is 5.96.